The van der Waals surface area contributed by atoms with Gasteiger partial charge >= 0.3 is 5.97 Å². The number of carboxylic acid groups (broad SMARTS) is 1. The maximum atomic E-state index is 12.0. The van der Waals surface area contributed by atoms with Crippen LogP contribution in [0.5, 0.6) is 0 Å². The Morgan fingerprint density at radius 2 is 2.39 bits per heavy atom. The van der Waals surface area contributed by atoms with Crippen LogP contribution >= 0.6 is 11.3 Å². The van der Waals surface area contributed by atoms with Gasteiger partial charge < -0.3 is 15.7 Å². The molecule has 2 rings (SSSR count). The van der Waals surface area contributed by atoms with Crippen LogP contribution in [0.2, 0.25) is 0 Å². The second-order valence-corrected chi connectivity index (χ2v) is 5.32. The lowest BCUT2D eigenvalue weighted by molar-refractivity contribution is -0.142. The highest BCUT2D eigenvalue weighted by Crippen LogP contribution is 2.20. The van der Waals surface area contributed by atoms with E-state index in [1.54, 1.807) is 17.5 Å². The van der Waals surface area contributed by atoms with E-state index in [9.17, 15) is 9.59 Å². The maximum Gasteiger partial charge on any atom is 0.331 e. The summed E-state index contributed by atoms with van der Waals surface area (Å²) in [7, 11) is 0. The summed E-state index contributed by atoms with van der Waals surface area (Å²) in [6.07, 6.45) is 1.77. The fraction of sp³-hybridized carbons (Fsp3) is 0.500. The summed E-state index contributed by atoms with van der Waals surface area (Å²) in [6, 6.07) is 2.58. The maximum absolute atomic E-state index is 12.0. The molecule has 1 aromatic heterocycles. The Bertz CT molecular complexity index is 413. The topological polar surface area (TPSA) is 78.4 Å². The standard InChI is InChI=1S/C12H16N2O3S/c15-11(8-3-1-5-13-7-8)14-10(12(16)17)9-4-2-6-18-9/h2,4,6,8,10,13H,1,3,5,7H2,(H,14,15)(H,16,17)/t8-,10?/m0/s1. The minimum atomic E-state index is -1.02. The van der Waals surface area contributed by atoms with E-state index in [4.69, 9.17) is 5.11 Å². The molecule has 1 fully saturated rings. The van der Waals surface area contributed by atoms with Gasteiger partial charge in [-0.15, -0.1) is 11.3 Å². The summed E-state index contributed by atoms with van der Waals surface area (Å²) < 4.78 is 0. The molecule has 0 saturated carbocycles. The number of nitrogens with one attached hydrogen (secondary N) is 2. The smallest absolute Gasteiger partial charge is 0.331 e. The molecule has 0 aliphatic carbocycles. The summed E-state index contributed by atoms with van der Waals surface area (Å²) in [5.74, 6) is -1.32. The summed E-state index contributed by atoms with van der Waals surface area (Å²) in [6.45, 7) is 1.56. The summed E-state index contributed by atoms with van der Waals surface area (Å²) >= 11 is 1.34. The summed E-state index contributed by atoms with van der Waals surface area (Å²) in [4.78, 5) is 23.8. The van der Waals surface area contributed by atoms with E-state index in [-0.39, 0.29) is 11.8 Å². The minimum Gasteiger partial charge on any atom is -0.479 e. The third-order valence-electron chi connectivity index (χ3n) is 3.03. The monoisotopic (exact) mass is 268 g/mol. The first-order valence-corrected chi connectivity index (χ1v) is 6.83. The number of amides is 1. The molecular weight excluding hydrogens is 252 g/mol. The quantitative estimate of drug-likeness (QED) is 0.761. The number of hydrogen-bond donors (Lipinski definition) is 3. The van der Waals surface area contributed by atoms with Gasteiger partial charge in [-0.1, -0.05) is 6.07 Å². The zero-order valence-electron chi connectivity index (χ0n) is 9.89. The van der Waals surface area contributed by atoms with Crippen molar-refractivity contribution in [3.8, 4) is 0 Å². The highest BCUT2D eigenvalue weighted by Gasteiger charge is 2.27. The predicted molar refractivity (Wildman–Crippen MR) is 68.4 cm³/mol. The molecule has 2 atom stereocenters. The van der Waals surface area contributed by atoms with E-state index >= 15 is 0 Å². The Hall–Kier alpha value is -1.40. The number of thiophene rings is 1. The van der Waals surface area contributed by atoms with E-state index in [0.717, 1.165) is 19.4 Å². The molecule has 1 aliphatic rings. The highest BCUT2D eigenvalue weighted by atomic mass is 32.1. The zero-order valence-corrected chi connectivity index (χ0v) is 10.7. The molecule has 1 amide bonds. The first-order valence-electron chi connectivity index (χ1n) is 5.96. The number of piperidine rings is 1. The Balaban J connectivity index is 2.00. The molecule has 98 valence electrons. The van der Waals surface area contributed by atoms with Gasteiger partial charge in [0.25, 0.3) is 0 Å². The van der Waals surface area contributed by atoms with Crippen molar-refractivity contribution in [3.05, 3.63) is 22.4 Å². The molecule has 1 unspecified atom stereocenters. The van der Waals surface area contributed by atoms with Gasteiger partial charge in [0.15, 0.2) is 6.04 Å². The van der Waals surface area contributed by atoms with Gasteiger partial charge in [0.05, 0.1) is 5.92 Å². The van der Waals surface area contributed by atoms with Crippen molar-refractivity contribution in [2.75, 3.05) is 13.1 Å². The molecule has 0 spiro atoms. The number of carbonyl (C=O) groups excluding carboxylic acids is 1. The van der Waals surface area contributed by atoms with Gasteiger partial charge in [-0.25, -0.2) is 4.79 Å². The number of hydrogen-bond acceptors (Lipinski definition) is 4. The number of aliphatic carboxylic acids is 1. The van der Waals surface area contributed by atoms with Crippen LogP contribution in [-0.4, -0.2) is 30.1 Å². The van der Waals surface area contributed by atoms with Crippen molar-refractivity contribution < 1.29 is 14.7 Å². The first-order chi connectivity index (χ1) is 8.68. The molecule has 5 nitrogen and oxygen atoms in total. The van der Waals surface area contributed by atoms with Crippen LogP contribution in [0.4, 0.5) is 0 Å². The lowest BCUT2D eigenvalue weighted by Crippen LogP contribution is -2.43. The minimum absolute atomic E-state index is 0.124. The molecule has 2 heterocycles. The Labute approximate surface area is 109 Å². The van der Waals surface area contributed by atoms with E-state index in [1.807, 2.05) is 0 Å². The van der Waals surface area contributed by atoms with Crippen LogP contribution < -0.4 is 10.6 Å². The summed E-state index contributed by atoms with van der Waals surface area (Å²) in [5.41, 5.74) is 0. The van der Waals surface area contributed by atoms with Crippen molar-refractivity contribution in [2.45, 2.75) is 18.9 Å². The fourth-order valence-corrected chi connectivity index (χ4v) is 2.81. The van der Waals surface area contributed by atoms with Gasteiger partial charge in [-0.05, 0) is 30.8 Å². The lowest BCUT2D eigenvalue weighted by atomic mass is 9.98. The van der Waals surface area contributed by atoms with Gasteiger partial charge in [0.1, 0.15) is 0 Å². The molecule has 6 heteroatoms. The van der Waals surface area contributed by atoms with Gasteiger partial charge in [-0.3, -0.25) is 4.79 Å². The van der Waals surface area contributed by atoms with Crippen LogP contribution in [0, 0.1) is 5.92 Å². The SMILES string of the molecule is O=C(O)C(NC(=O)[C@H]1CCCNC1)c1cccs1. The average Bonchev–Trinajstić information content (AvgIpc) is 2.90. The lowest BCUT2D eigenvalue weighted by Gasteiger charge is -2.23. The molecule has 3 N–H and O–H groups in total. The van der Waals surface area contributed by atoms with Gasteiger partial charge in [0.2, 0.25) is 5.91 Å². The second-order valence-electron chi connectivity index (χ2n) is 4.34. The van der Waals surface area contributed by atoms with E-state index in [2.05, 4.69) is 10.6 Å². The zero-order chi connectivity index (χ0) is 13.0. The molecule has 1 aromatic rings. The molecule has 1 aliphatic heterocycles. The molecule has 0 aromatic carbocycles. The van der Waals surface area contributed by atoms with Crippen molar-refractivity contribution in [2.24, 2.45) is 5.92 Å². The van der Waals surface area contributed by atoms with E-state index in [1.165, 1.54) is 11.3 Å². The third-order valence-corrected chi connectivity index (χ3v) is 3.97. The van der Waals surface area contributed by atoms with E-state index in [0.29, 0.717) is 11.4 Å². The number of carbonyl (C=O) groups is 2. The average molecular weight is 268 g/mol. The molecule has 1 saturated heterocycles. The molecule has 0 radical (unpaired) electrons. The molecule has 0 bridgehead atoms. The highest BCUT2D eigenvalue weighted by molar-refractivity contribution is 7.10. The summed E-state index contributed by atoms with van der Waals surface area (Å²) in [5, 5.41) is 16.7. The second kappa shape index (κ2) is 5.97. The van der Waals surface area contributed by atoms with E-state index < -0.39 is 12.0 Å². The molecular formula is C12H16N2O3S. The number of rotatable bonds is 4. The first kappa shape index (κ1) is 13.0. The Morgan fingerprint density at radius 3 is 2.94 bits per heavy atom. The largest absolute Gasteiger partial charge is 0.479 e. The normalized spacial score (nSPS) is 21.2. The Kier molecular flexibility index (Phi) is 4.33. The predicted octanol–water partition coefficient (Wildman–Crippen LogP) is 0.990. The van der Waals surface area contributed by atoms with Crippen LogP contribution in [-0.2, 0) is 9.59 Å². The van der Waals surface area contributed by atoms with Crippen molar-refractivity contribution in [1.29, 1.82) is 0 Å². The van der Waals surface area contributed by atoms with Gasteiger partial charge in [-0.2, -0.15) is 0 Å². The van der Waals surface area contributed by atoms with Crippen LogP contribution in [0.25, 0.3) is 0 Å². The van der Waals surface area contributed by atoms with Crippen LogP contribution in [0.15, 0.2) is 17.5 Å². The Morgan fingerprint density at radius 1 is 1.56 bits per heavy atom. The fourth-order valence-electron chi connectivity index (χ4n) is 2.05. The van der Waals surface area contributed by atoms with Crippen molar-refractivity contribution in [1.82, 2.24) is 10.6 Å². The van der Waals surface area contributed by atoms with Crippen LogP contribution in [0.3, 0.4) is 0 Å². The van der Waals surface area contributed by atoms with Crippen molar-refractivity contribution >= 4 is 23.2 Å². The number of carboxylic acids is 1. The molecule has 18 heavy (non-hydrogen) atoms. The van der Waals surface area contributed by atoms with Crippen molar-refractivity contribution in [3.63, 3.8) is 0 Å². The third kappa shape index (κ3) is 3.08. The van der Waals surface area contributed by atoms with Gasteiger partial charge in [0, 0.05) is 11.4 Å². The van der Waals surface area contributed by atoms with Crippen LogP contribution in [0.1, 0.15) is 23.8 Å².